The molecule has 23 heavy (non-hydrogen) atoms. The minimum atomic E-state index is 0.258. The van der Waals surface area contributed by atoms with Gasteiger partial charge in [-0.3, -0.25) is 4.90 Å². The van der Waals surface area contributed by atoms with E-state index in [0.29, 0.717) is 0 Å². The summed E-state index contributed by atoms with van der Waals surface area (Å²) in [6.45, 7) is 2.69. The van der Waals surface area contributed by atoms with Gasteiger partial charge in [-0.2, -0.15) is 0 Å². The maximum Gasteiger partial charge on any atom is 0.161 e. The average Bonchev–Trinajstić information content (AvgIpc) is 3.12. The van der Waals surface area contributed by atoms with Crippen molar-refractivity contribution >= 4 is 11.3 Å². The van der Waals surface area contributed by atoms with E-state index < -0.39 is 0 Å². The molecule has 1 aromatic carbocycles. The van der Waals surface area contributed by atoms with Crippen molar-refractivity contribution < 1.29 is 14.2 Å². The molecule has 0 saturated carbocycles. The number of benzene rings is 1. The van der Waals surface area contributed by atoms with Crippen molar-refractivity contribution in [2.24, 2.45) is 0 Å². The third-order valence-corrected chi connectivity index (χ3v) is 5.29. The van der Waals surface area contributed by atoms with E-state index in [0.717, 1.165) is 37.6 Å². The number of hydrogen-bond acceptors (Lipinski definition) is 5. The van der Waals surface area contributed by atoms with Gasteiger partial charge in [0.25, 0.3) is 0 Å². The summed E-state index contributed by atoms with van der Waals surface area (Å²) in [6, 6.07) is 8.85. The minimum Gasteiger partial charge on any atom is -0.493 e. The normalized spacial score (nSPS) is 17.8. The second kappa shape index (κ2) is 7.34. The molecule has 1 aromatic heterocycles. The quantitative estimate of drug-likeness (QED) is 0.811. The molecule has 2 heterocycles. The van der Waals surface area contributed by atoms with Crippen LogP contribution in [0.3, 0.4) is 0 Å². The lowest BCUT2D eigenvalue weighted by Gasteiger charge is -2.37. The molecule has 1 aliphatic rings. The van der Waals surface area contributed by atoms with Gasteiger partial charge in [-0.05, 0) is 41.1 Å². The maximum absolute atomic E-state index is 5.52. The number of fused-ring (bicyclic) bond motifs is 1. The van der Waals surface area contributed by atoms with E-state index in [1.165, 1.54) is 16.0 Å². The van der Waals surface area contributed by atoms with Crippen molar-refractivity contribution in [1.82, 2.24) is 4.90 Å². The Hall–Kier alpha value is -1.56. The average molecular weight is 333 g/mol. The summed E-state index contributed by atoms with van der Waals surface area (Å²) in [5.74, 6) is 1.60. The first-order valence-electron chi connectivity index (χ1n) is 7.79. The van der Waals surface area contributed by atoms with Gasteiger partial charge in [0.15, 0.2) is 11.5 Å². The second-order valence-corrected chi connectivity index (χ2v) is 6.58. The number of nitrogens with zero attached hydrogens (tertiary/aromatic N) is 1. The van der Waals surface area contributed by atoms with E-state index in [-0.39, 0.29) is 6.04 Å². The summed E-state index contributed by atoms with van der Waals surface area (Å²) >= 11 is 1.80. The van der Waals surface area contributed by atoms with Crippen LogP contribution < -0.4 is 9.47 Å². The first-order valence-corrected chi connectivity index (χ1v) is 8.67. The smallest absolute Gasteiger partial charge is 0.161 e. The Morgan fingerprint density at radius 1 is 1.17 bits per heavy atom. The molecular formula is C18H23NO3S. The van der Waals surface area contributed by atoms with Crippen molar-refractivity contribution in [1.29, 1.82) is 0 Å². The predicted octanol–water partition coefficient (Wildman–Crippen LogP) is 3.36. The van der Waals surface area contributed by atoms with Crippen molar-refractivity contribution in [2.45, 2.75) is 12.5 Å². The predicted molar refractivity (Wildman–Crippen MR) is 92.9 cm³/mol. The zero-order valence-electron chi connectivity index (χ0n) is 13.9. The van der Waals surface area contributed by atoms with Gasteiger partial charge in [0, 0.05) is 25.1 Å². The highest BCUT2D eigenvalue weighted by molar-refractivity contribution is 7.10. The van der Waals surface area contributed by atoms with Gasteiger partial charge >= 0.3 is 0 Å². The Labute approximate surface area is 141 Å². The molecule has 0 bridgehead atoms. The molecule has 2 aromatic rings. The Morgan fingerprint density at radius 2 is 1.96 bits per heavy atom. The van der Waals surface area contributed by atoms with Crippen LogP contribution in [0.4, 0.5) is 0 Å². The van der Waals surface area contributed by atoms with Gasteiger partial charge in [-0.25, -0.2) is 0 Å². The highest BCUT2D eigenvalue weighted by Gasteiger charge is 2.30. The Balaban J connectivity index is 2.04. The topological polar surface area (TPSA) is 30.9 Å². The number of ether oxygens (including phenoxy) is 3. The zero-order chi connectivity index (χ0) is 16.2. The molecule has 0 N–H and O–H groups in total. The first kappa shape index (κ1) is 16.3. The molecule has 0 fully saturated rings. The molecule has 124 valence electrons. The lowest BCUT2D eigenvalue weighted by atomic mass is 9.91. The van der Waals surface area contributed by atoms with Crippen molar-refractivity contribution in [3.8, 4) is 11.5 Å². The van der Waals surface area contributed by atoms with Gasteiger partial charge in [0.2, 0.25) is 0 Å². The third-order valence-electron chi connectivity index (χ3n) is 4.37. The third kappa shape index (κ3) is 3.22. The summed E-state index contributed by atoms with van der Waals surface area (Å²) in [5.41, 5.74) is 2.65. The molecule has 5 heteroatoms. The van der Waals surface area contributed by atoms with E-state index in [9.17, 15) is 0 Å². The Bertz CT molecular complexity index is 642. The van der Waals surface area contributed by atoms with E-state index >= 15 is 0 Å². The zero-order valence-corrected chi connectivity index (χ0v) is 14.7. The SMILES string of the molecule is COCCN1CCc2cc(OC)c(OC)cc2C1c1cccs1. The fraction of sp³-hybridized carbons (Fsp3) is 0.444. The molecule has 0 saturated heterocycles. The highest BCUT2D eigenvalue weighted by Crippen LogP contribution is 2.41. The van der Waals surface area contributed by atoms with E-state index in [2.05, 4.69) is 34.5 Å². The molecule has 0 radical (unpaired) electrons. The summed E-state index contributed by atoms with van der Waals surface area (Å²) in [4.78, 5) is 3.85. The van der Waals surface area contributed by atoms with Crippen molar-refractivity contribution in [2.75, 3.05) is 41.0 Å². The number of hydrogen-bond donors (Lipinski definition) is 0. The second-order valence-electron chi connectivity index (χ2n) is 5.60. The van der Waals surface area contributed by atoms with Crippen LogP contribution in [0.5, 0.6) is 11.5 Å². The molecule has 0 spiro atoms. The van der Waals surface area contributed by atoms with Gasteiger partial charge in [0.05, 0.1) is 26.9 Å². The van der Waals surface area contributed by atoms with Gasteiger partial charge in [-0.15, -0.1) is 11.3 Å². The molecule has 0 amide bonds. The van der Waals surface area contributed by atoms with Gasteiger partial charge in [-0.1, -0.05) is 6.07 Å². The summed E-state index contributed by atoms with van der Waals surface area (Å²) in [6.07, 6.45) is 1.02. The Morgan fingerprint density at radius 3 is 2.61 bits per heavy atom. The first-order chi connectivity index (χ1) is 11.3. The molecule has 1 unspecified atom stereocenters. The van der Waals surface area contributed by atoms with Gasteiger partial charge < -0.3 is 14.2 Å². The molecule has 4 nitrogen and oxygen atoms in total. The van der Waals surface area contributed by atoms with Crippen LogP contribution in [-0.2, 0) is 11.2 Å². The van der Waals surface area contributed by atoms with Crippen molar-refractivity contribution in [3.63, 3.8) is 0 Å². The van der Waals surface area contributed by atoms with Crippen LogP contribution in [0, 0.1) is 0 Å². The number of rotatable bonds is 6. The molecule has 1 aliphatic heterocycles. The number of thiophene rings is 1. The Kier molecular flexibility index (Phi) is 5.20. The van der Waals surface area contributed by atoms with E-state index in [4.69, 9.17) is 14.2 Å². The van der Waals surface area contributed by atoms with E-state index in [1.54, 1.807) is 32.7 Å². The van der Waals surface area contributed by atoms with Crippen LogP contribution in [0.1, 0.15) is 22.0 Å². The van der Waals surface area contributed by atoms with Crippen LogP contribution in [-0.4, -0.2) is 45.9 Å². The molecule has 0 aliphatic carbocycles. The number of methoxy groups -OCH3 is 3. The van der Waals surface area contributed by atoms with Gasteiger partial charge in [0.1, 0.15) is 0 Å². The van der Waals surface area contributed by atoms with E-state index in [1.807, 2.05) is 0 Å². The molecular weight excluding hydrogens is 310 g/mol. The highest BCUT2D eigenvalue weighted by atomic mass is 32.1. The monoisotopic (exact) mass is 333 g/mol. The van der Waals surface area contributed by atoms with Crippen LogP contribution in [0.25, 0.3) is 0 Å². The molecule has 1 atom stereocenters. The summed E-state index contributed by atoms with van der Waals surface area (Å²) < 4.78 is 16.3. The van der Waals surface area contributed by atoms with Crippen LogP contribution in [0.2, 0.25) is 0 Å². The maximum atomic E-state index is 5.52. The minimum absolute atomic E-state index is 0.258. The molecule has 3 rings (SSSR count). The fourth-order valence-electron chi connectivity index (χ4n) is 3.23. The largest absolute Gasteiger partial charge is 0.493 e. The van der Waals surface area contributed by atoms with Crippen LogP contribution in [0.15, 0.2) is 29.6 Å². The standard InChI is InChI=1S/C18H23NO3S/c1-20-9-8-19-7-6-13-11-15(21-2)16(22-3)12-14(13)18(19)17-5-4-10-23-17/h4-5,10-12,18H,6-9H2,1-3H3. The fourth-order valence-corrected chi connectivity index (χ4v) is 4.10. The lowest BCUT2D eigenvalue weighted by molar-refractivity contribution is 0.127. The summed E-state index contributed by atoms with van der Waals surface area (Å²) in [7, 11) is 5.14. The van der Waals surface area contributed by atoms with Crippen molar-refractivity contribution in [3.05, 3.63) is 45.6 Å². The summed E-state index contributed by atoms with van der Waals surface area (Å²) in [5, 5.41) is 2.14. The van der Waals surface area contributed by atoms with Crippen LogP contribution >= 0.6 is 11.3 Å². The lowest BCUT2D eigenvalue weighted by Crippen LogP contribution is -2.37.